The molecule has 0 aromatic carbocycles. The number of hydrogen-bond acceptors (Lipinski definition) is 9. The van der Waals surface area contributed by atoms with E-state index in [9.17, 15) is 19.5 Å². The van der Waals surface area contributed by atoms with Gasteiger partial charge in [-0.1, -0.05) is 0 Å². The molecule has 0 atom stereocenters. The predicted octanol–water partition coefficient (Wildman–Crippen LogP) is 1.36. The number of aromatic carboxylic acids is 1. The molecule has 4 aromatic heterocycles. The number of fused-ring (bicyclic) bond motifs is 1. The van der Waals surface area contributed by atoms with Gasteiger partial charge in [0.2, 0.25) is 16.5 Å². The van der Waals surface area contributed by atoms with Crippen molar-refractivity contribution in [3.05, 3.63) is 51.7 Å². The standard InChI is InChI=1S/C21H20N8O4S/c1-10-4-15(28-6-12(7-28)19(31)24-14-5-11(2)27(3)26-14)25-18-16(10)17(30)13(20(32)33)8-29(18)21-22-9-23-34-21/h4-5,8-9,12H,6-7H2,1-3H3,(H,32,33)(H,24,26,31). The second-order valence-corrected chi connectivity index (χ2v) is 8.91. The Labute approximate surface area is 196 Å². The molecule has 0 aliphatic carbocycles. The lowest BCUT2D eigenvalue weighted by Gasteiger charge is -2.39. The third-order valence-electron chi connectivity index (χ3n) is 5.87. The first-order valence-corrected chi connectivity index (χ1v) is 11.1. The number of hydrogen-bond donors (Lipinski definition) is 2. The molecule has 0 unspecified atom stereocenters. The Bertz CT molecular complexity index is 1480. The first-order valence-electron chi connectivity index (χ1n) is 10.4. The van der Waals surface area contributed by atoms with Crippen LogP contribution in [0.4, 0.5) is 11.6 Å². The zero-order chi connectivity index (χ0) is 24.1. The van der Waals surface area contributed by atoms with E-state index < -0.39 is 11.4 Å². The predicted molar refractivity (Wildman–Crippen MR) is 125 cm³/mol. The van der Waals surface area contributed by atoms with Crippen LogP contribution >= 0.6 is 11.5 Å². The van der Waals surface area contributed by atoms with E-state index in [2.05, 4.69) is 24.8 Å². The molecule has 13 heteroatoms. The van der Waals surface area contributed by atoms with Crippen molar-refractivity contribution >= 4 is 46.1 Å². The Balaban J connectivity index is 1.46. The molecule has 1 amide bonds. The van der Waals surface area contributed by atoms with Crippen LogP contribution in [-0.4, -0.2) is 58.8 Å². The fourth-order valence-corrected chi connectivity index (χ4v) is 4.40. The summed E-state index contributed by atoms with van der Waals surface area (Å²) in [4.78, 5) is 47.9. The highest BCUT2D eigenvalue weighted by Crippen LogP contribution is 2.28. The highest BCUT2D eigenvalue weighted by Gasteiger charge is 2.34. The molecular weight excluding hydrogens is 460 g/mol. The summed E-state index contributed by atoms with van der Waals surface area (Å²) in [6, 6.07) is 3.54. The smallest absolute Gasteiger partial charge is 0.341 e. The summed E-state index contributed by atoms with van der Waals surface area (Å²) in [7, 11) is 1.81. The summed E-state index contributed by atoms with van der Waals surface area (Å²) in [5.74, 6) is -0.584. The molecule has 4 aromatic rings. The van der Waals surface area contributed by atoms with Crippen molar-refractivity contribution in [1.82, 2.24) is 28.7 Å². The number of carboxylic acid groups (broad SMARTS) is 1. The average Bonchev–Trinajstić information content (AvgIpc) is 3.36. The number of anilines is 2. The van der Waals surface area contributed by atoms with E-state index in [1.165, 1.54) is 17.1 Å². The lowest BCUT2D eigenvalue weighted by Crippen LogP contribution is -2.52. The van der Waals surface area contributed by atoms with Crippen LogP contribution in [-0.2, 0) is 11.8 Å². The number of carbonyl (C=O) groups is 2. The molecule has 12 nitrogen and oxygen atoms in total. The number of aryl methyl sites for hydroxylation is 3. The van der Waals surface area contributed by atoms with E-state index in [0.717, 1.165) is 17.2 Å². The maximum atomic E-state index is 12.9. The van der Waals surface area contributed by atoms with E-state index >= 15 is 0 Å². The summed E-state index contributed by atoms with van der Waals surface area (Å²) in [5, 5.41) is 17.2. The van der Waals surface area contributed by atoms with Crippen molar-refractivity contribution in [1.29, 1.82) is 0 Å². The maximum Gasteiger partial charge on any atom is 0.341 e. The van der Waals surface area contributed by atoms with Crippen LogP contribution < -0.4 is 15.6 Å². The zero-order valence-electron chi connectivity index (χ0n) is 18.5. The third-order valence-corrected chi connectivity index (χ3v) is 6.53. The number of pyridine rings is 2. The highest BCUT2D eigenvalue weighted by molar-refractivity contribution is 7.08. The van der Waals surface area contributed by atoms with Gasteiger partial charge in [-0.3, -0.25) is 18.8 Å². The molecule has 2 N–H and O–H groups in total. The van der Waals surface area contributed by atoms with Gasteiger partial charge in [-0.25, -0.2) is 14.8 Å². The van der Waals surface area contributed by atoms with Crippen molar-refractivity contribution in [3.8, 4) is 5.13 Å². The average molecular weight is 481 g/mol. The molecule has 1 saturated heterocycles. The minimum absolute atomic E-state index is 0.122. The van der Waals surface area contributed by atoms with Crippen molar-refractivity contribution in [2.45, 2.75) is 13.8 Å². The molecule has 1 fully saturated rings. The minimum atomic E-state index is -1.33. The van der Waals surface area contributed by atoms with Gasteiger partial charge in [-0.15, -0.1) is 0 Å². The van der Waals surface area contributed by atoms with Crippen LogP contribution in [0.3, 0.4) is 0 Å². The van der Waals surface area contributed by atoms with Crippen LogP contribution in [0.25, 0.3) is 16.2 Å². The quantitative estimate of drug-likeness (QED) is 0.432. The van der Waals surface area contributed by atoms with Gasteiger partial charge in [0.1, 0.15) is 17.7 Å². The van der Waals surface area contributed by atoms with Crippen LogP contribution in [0.5, 0.6) is 0 Å². The number of rotatable bonds is 5. The van der Waals surface area contributed by atoms with Crippen molar-refractivity contribution < 1.29 is 14.7 Å². The number of aromatic nitrogens is 6. The normalized spacial score (nSPS) is 13.8. The number of nitrogens with zero attached hydrogens (tertiary/aromatic N) is 7. The van der Waals surface area contributed by atoms with E-state index in [4.69, 9.17) is 0 Å². The molecule has 0 bridgehead atoms. The van der Waals surface area contributed by atoms with Gasteiger partial charge in [0.05, 0.1) is 11.3 Å². The van der Waals surface area contributed by atoms with E-state index in [0.29, 0.717) is 41.1 Å². The topological polar surface area (TPSA) is 148 Å². The fourth-order valence-electron chi connectivity index (χ4n) is 3.89. The number of carboxylic acids is 1. The van der Waals surface area contributed by atoms with E-state index in [1.807, 2.05) is 18.9 Å². The maximum absolute atomic E-state index is 12.9. The Morgan fingerprint density at radius 3 is 2.62 bits per heavy atom. The van der Waals surface area contributed by atoms with Crippen LogP contribution in [0.1, 0.15) is 21.6 Å². The Kier molecular flexibility index (Phi) is 5.12. The van der Waals surface area contributed by atoms with Gasteiger partial charge >= 0.3 is 5.97 Å². The lowest BCUT2D eigenvalue weighted by atomic mass is 9.98. The molecule has 0 saturated carbocycles. The largest absolute Gasteiger partial charge is 0.477 e. The second kappa shape index (κ2) is 8.02. The summed E-state index contributed by atoms with van der Waals surface area (Å²) in [6.07, 6.45) is 2.58. The SMILES string of the molecule is Cc1cc(N2CC(C(=O)Nc3cc(C)n(C)n3)C2)nc2c1c(=O)c(C(=O)O)cn2-c1ncns1. The van der Waals surface area contributed by atoms with Gasteiger partial charge in [0.15, 0.2) is 11.5 Å². The zero-order valence-corrected chi connectivity index (χ0v) is 19.3. The minimum Gasteiger partial charge on any atom is -0.477 e. The number of nitrogens with one attached hydrogen (secondary N) is 1. The first-order chi connectivity index (χ1) is 16.2. The van der Waals surface area contributed by atoms with Gasteiger partial charge in [-0.2, -0.15) is 9.47 Å². The molecule has 1 aliphatic rings. The van der Waals surface area contributed by atoms with Crippen molar-refractivity contribution in [2.24, 2.45) is 13.0 Å². The number of amides is 1. The second-order valence-electron chi connectivity index (χ2n) is 8.15. The van der Waals surface area contributed by atoms with Gasteiger partial charge in [-0.05, 0) is 25.5 Å². The monoisotopic (exact) mass is 480 g/mol. The molecule has 0 radical (unpaired) electrons. The van der Waals surface area contributed by atoms with Crippen LogP contribution in [0.2, 0.25) is 0 Å². The molecular formula is C21H20N8O4S. The molecule has 0 spiro atoms. The Morgan fingerprint density at radius 2 is 2.00 bits per heavy atom. The Hall–Kier alpha value is -4.13. The van der Waals surface area contributed by atoms with E-state index in [-0.39, 0.29) is 22.8 Å². The summed E-state index contributed by atoms with van der Waals surface area (Å²) < 4.78 is 7.14. The fraction of sp³-hybridized carbons (Fsp3) is 0.286. The highest BCUT2D eigenvalue weighted by atomic mass is 32.1. The van der Waals surface area contributed by atoms with Gasteiger partial charge in [0, 0.05) is 49.6 Å². The summed E-state index contributed by atoms with van der Waals surface area (Å²) in [6.45, 7) is 4.54. The Morgan fingerprint density at radius 1 is 1.24 bits per heavy atom. The first kappa shape index (κ1) is 21.7. The van der Waals surface area contributed by atoms with Crippen LogP contribution in [0.15, 0.2) is 29.5 Å². The van der Waals surface area contributed by atoms with Crippen molar-refractivity contribution in [2.75, 3.05) is 23.3 Å². The van der Waals surface area contributed by atoms with Gasteiger partial charge < -0.3 is 15.3 Å². The summed E-state index contributed by atoms with van der Waals surface area (Å²) >= 11 is 1.06. The number of carbonyl (C=O) groups excluding carboxylic acids is 1. The molecule has 34 heavy (non-hydrogen) atoms. The molecule has 5 heterocycles. The van der Waals surface area contributed by atoms with Gasteiger partial charge in [0.25, 0.3) is 0 Å². The molecule has 5 rings (SSSR count). The molecule has 1 aliphatic heterocycles. The van der Waals surface area contributed by atoms with E-state index in [1.54, 1.807) is 23.7 Å². The van der Waals surface area contributed by atoms with Crippen molar-refractivity contribution in [3.63, 3.8) is 0 Å². The lowest BCUT2D eigenvalue weighted by molar-refractivity contribution is -0.120. The van der Waals surface area contributed by atoms with Crippen LogP contribution in [0, 0.1) is 19.8 Å². The summed E-state index contributed by atoms with van der Waals surface area (Å²) in [5.41, 5.74) is 0.841. The molecule has 174 valence electrons. The third kappa shape index (κ3) is 3.59.